The van der Waals surface area contributed by atoms with Crippen molar-refractivity contribution in [3.63, 3.8) is 0 Å². The maximum absolute atomic E-state index is 10.7. The molecule has 8 heteroatoms. The lowest BCUT2D eigenvalue weighted by molar-refractivity contribution is -0.384. The summed E-state index contributed by atoms with van der Waals surface area (Å²) >= 11 is 0. The zero-order valence-corrected chi connectivity index (χ0v) is 11.8. The summed E-state index contributed by atoms with van der Waals surface area (Å²) in [6, 6.07) is 0. The predicted octanol–water partition coefficient (Wildman–Crippen LogP) is 1.36. The van der Waals surface area contributed by atoms with Crippen LogP contribution in [0.3, 0.4) is 0 Å². The van der Waals surface area contributed by atoms with Gasteiger partial charge in [-0.1, -0.05) is 0 Å². The van der Waals surface area contributed by atoms with Crippen molar-refractivity contribution in [3.05, 3.63) is 16.3 Å². The average molecular weight is 293 g/mol. The van der Waals surface area contributed by atoms with Gasteiger partial charge in [-0.25, -0.2) is 4.98 Å². The van der Waals surface area contributed by atoms with E-state index in [0.29, 0.717) is 18.0 Å². The van der Waals surface area contributed by atoms with E-state index in [-0.39, 0.29) is 11.5 Å². The average Bonchev–Trinajstić information content (AvgIpc) is 3.01. The molecule has 21 heavy (non-hydrogen) atoms. The normalized spacial score (nSPS) is 23.4. The molecule has 3 heterocycles. The van der Waals surface area contributed by atoms with Crippen molar-refractivity contribution < 1.29 is 9.66 Å². The van der Waals surface area contributed by atoms with Gasteiger partial charge in [0, 0.05) is 19.7 Å². The van der Waals surface area contributed by atoms with Crippen molar-refractivity contribution in [3.8, 4) is 0 Å². The molecule has 8 nitrogen and oxygen atoms in total. The number of nitrogens with two attached hydrogens (primary N) is 1. The molecule has 114 valence electrons. The van der Waals surface area contributed by atoms with E-state index in [0.717, 1.165) is 45.4 Å². The van der Waals surface area contributed by atoms with Crippen LogP contribution >= 0.6 is 0 Å². The van der Waals surface area contributed by atoms with E-state index in [4.69, 9.17) is 10.5 Å². The molecule has 2 aliphatic rings. The van der Waals surface area contributed by atoms with Gasteiger partial charge in [0.05, 0.1) is 11.0 Å². The summed E-state index contributed by atoms with van der Waals surface area (Å²) in [5, 5.41) is 10.7. The molecule has 0 aliphatic carbocycles. The fourth-order valence-electron chi connectivity index (χ4n) is 3.12. The van der Waals surface area contributed by atoms with Crippen molar-refractivity contribution in [1.29, 1.82) is 0 Å². The molecule has 2 N–H and O–H groups in total. The number of nitrogen functional groups attached to an aromatic ring is 1. The van der Waals surface area contributed by atoms with E-state index in [1.807, 2.05) is 4.90 Å². The molecular weight excluding hydrogens is 274 g/mol. The third-order valence-corrected chi connectivity index (χ3v) is 4.30. The van der Waals surface area contributed by atoms with E-state index in [1.165, 1.54) is 6.20 Å². The number of hydrogen-bond acceptors (Lipinski definition) is 7. The monoisotopic (exact) mass is 293 g/mol. The summed E-state index contributed by atoms with van der Waals surface area (Å²) in [6.45, 7) is 2.55. The Labute approximate surface area is 122 Å². The van der Waals surface area contributed by atoms with E-state index >= 15 is 0 Å². The molecule has 1 aromatic heterocycles. The minimum atomic E-state index is -0.567. The molecule has 1 aromatic rings. The fourth-order valence-corrected chi connectivity index (χ4v) is 3.12. The van der Waals surface area contributed by atoms with Crippen molar-refractivity contribution in [2.45, 2.75) is 31.8 Å². The molecule has 0 bridgehead atoms. The fraction of sp³-hybridized carbons (Fsp3) is 0.692. The van der Waals surface area contributed by atoms with Crippen LogP contribution in [0, 0.1) is 16.0 Å². The Morgan fingerprint density at radius 2 is 2.14 bits per heavy atom. The highest BCUT2D eigenvalue weighted by molar-refractivity contribution is 5.53. The summed E-state index contributed by atoms with van der Waals surface area (Å²) < 4.78 is 5.75. The topological polar surface area (TPSA) is 107 Å². The molecule has 0 aromatic carbocycles. The Bertz CT molecular complexity index is 525. The summed E-state index contributed by atoms with van der Waals surface area (Å²) in [5.74, 6) is 0.995. The quantitative estimate of drug-likeness (QED) is 0.662. The van der Waals surface area contributed by atoms with Crippen LogP contribution in [0.25, 0.3) is 0 Å². The zero-order valence-electron chi connectivity index (χ0n) is 11.8. The summed E-state index contributed by atoms with van der Waals surface area (Å²) in [6.07, 6.45) is 5.97. The Kier molecular flexibility index (Phi) is 3.87. The van der Waals surface area contributed by atoms with E-state index in [2.05, 4.69) is 9.97 Å². The SMILES string of the molecule is Nc1nc(N2CCC(C3CCCO3)CC2)ncc1[N+](=O)[O-]. The Hall–Kier alpha value is -1.96. The lowest BCUT2D eigenvalue weighted by Crippen LogP contribution is -2.38. The van der Waals surface area contributed by atoms with Gasteiger partial charge in [0.25, 0.3) is 0 Å². The largest absolute Gasteiger partial charge is 0.378 e. The number of piperidine rings is 1. The Morgan fingerprint density at radius 3 is 2.71 bits per heavy atom. The maximum atomic E-state index is 10.7. The van der Waals surface area contributed by atoms with Gasteiger partial charge in [-0.2, -0.15) is 4.98 Å². The molecule has 0 saturated carbocycles. The van der Waals surface area contributed by atoms with Gasteiger partial charge in [0.1, 0.15) is 6.20 Å². The molecule has 3 rings (SSSR count). The Morgan fingerprint density at radius 1 is 1.38 bits per heavy atom. The first-order valence-corrected chi connectivity index (χ1v) is 7.28. The number of rotatable bonds is 3. The van der Waals surface area contributed by atoms with Crippen LogP contribution in [0.15, 0.2) is 6.20 Å². The standard InChI is InChI=1S/C13H19N5O3/c14-12-10(18(19)20)8-15-13(16-12)17-5-3-9(4-6-17)11-2-1-7-21-11/h8-9,11H,1-7H2,(H2,14,15,16). The number of nitrogens with zero attached hydrogens (tertiary/aromatic N) is 4. The smallest absolute Gasteiger partial charge is 0.329 e. The number of aromatic nitrogens is 2. The van der Waals surface area contributed by atoms with E-state index in [1.54, 1.807) is 0 Å². The van der Waals surface area contributed by atoms with Crippen LogP contribution in [-0.2, 0) is 4.74 Å². The summed E-state index contributed by atoms with van der Waals surface area (Å²) in [4.78, 5) is 20.3. The molecule has 2 aliphatic heterocycles. The zero-order chi connectivity index (χ0) is 14.8. The number of hydrogen-bond donors (Lipinski definition) is 1. The van der Waals surface area contributed by atoms with Crippen molar-refractivity contribution >= 4 is 17.5 Å². The Balaban J connectivity index is 1.64. The molecular formula is C13H19N5O3. The van der Waals surface area contributed by atoms with Crippen LogP contribution in [0.2, 0.25) is 0 Å². The number of anilines is 2. The number of ether oxygens (including phenoxy) is 1. The van der Waals surface area contributed by atoms with Crippen LogP contribution in [0.5, 0.6) is 0 Å². The lowest BCUT2D eigenvalue weighted by atomic mass is 9.90. The van der Waals surface area contributed by atoms with Gasteiger partial charge < -0.3 is 15.4 Å². The first-order valence-electron chi connectivity index (χ1n) is 7.28. The van der Waals surface area contributed by atoms with Gasteiger partial charge in [-0.15, -0.1) is 0 Å². The lowest BCUT2D eigenvalue weighted by Gasteiger charge is -2.34. The minimum absolute atomic E-state index is 0.0775. The highest BCUT2D eigenvalue weighted by Crippen LogP contribution is 2.30. The van der Waals surface area contributed by atoms with Crippen molar-refractivity contribution in [2.24, 2.45) is 5.92 Å². The van der Waals surface area contributed by atoms with Crippen LogP contribution in [0.1, 0.15) is 25.7 Å². The minimum Gasteiger partial charge on any atom is -0.378 e. The summed E-state index contributed by atoms with van der Waals surface area (Å²) in [7, 11) is 0. The van der Waals surface area contributed by atoms with Crippen molar-refractivity contribution in [1.82, 2.24) is 9.97 Å². The number of nitro groups is 1. The maximum Gasteiger partial charge on any atom is 0.329 e. The first kappa shape index (κ1) is 14.0. The molecule has 1 unspecified atom stereocenters. The second-order valence-corrected chi connectivity index (χ2v) is 5.57. The summed E-state index contributed by atoms with van der Waals surface area (Å²) in [5.41, 5.74) is 5.37. The highest BCUT2D eigenvalue weighted by atomic mass is 16.6. The van der Waals surface area contributed by atoms with Crippen LogP contribution < -0.4 is 10.6 Å². The molecule has 0 amide bonds. The first-order chi connectivity index (χ1) is 10.1. The molecule has 0 radical (unpaired) electrons. The molecule has 2 fully saturated rings. The third-order valence-electron chi connectivity index (χ3n) is 4.30. The van der Waals surface area contributed by atoms with Gasteiger partial charge in [-0.3, -0.25) is 10.1 Å². The second kappa shape index (κ2) is 5.80. The van der Waals surface area contributed by atoms with Crippen molar-refractivity contribution in [2.75, 3.05) is 30.3 Å². The third kappa shape index (κ3) is 2.90. The van der Waals surface area contributed by atoms with E-state index in [9.17, 15) is 10.1 Å². The van der Waals surface area contributed by atoms with Gasteiger partial charge in [0.2, 0.25) is 11.8 Å². The molecule has 2 saturated heterocycles. The van der Waals surface area contributed by atoms with Gasteiger partial charge in [-0.05, 0) is 31.6 Å². The second-order valence-electron chi connectivity index (χ2n) is 5.57. The van der Waals surface area contributed by atoms with Gasteiger partial charge >= 0.3 is 5.69 Å². The van der Waals surface area contributed by atoms with E-state index < -0.39 is 4.92 Å². The molecule has 1 atom stereocenters. The van der Waals surface area contributed by atoms with Crippen LogP contribution in [0.4, 0.5) is 17.5 Å². The van der Waals surface area contributed by atoms with Crippen LogP contribution in [-0.4, -0.2) is 40.7 Å². The predicted molar refractivity (Wildman–Crippen MR) is 77.0 cm³/mol. The highest BCUT2D eigenvalue weighted by Gasteiger charge is 2.30. The molecule has 0 spiro atoms. The van der Waals surface area contributed by atoms with Gasteiger partial charge in [0.15, 0.2) is 0 Å².